The van der Waals surface area contributed by atoms with Crippen LogP contribution in [0, 0.1) is 0 Å². The number of para-hydroxylation sites is 1. The maximum Gasteiger partial charge on any atom is 0.193 e. The van der Waals surface area contributed by atoms with Gasteiger partial charge in [0.1, 0.15) is 0 Å². The van der Waals surface area contributed by atoms with Gasteiger partial charge < -0.3 is 16.0 Å². The number of anilines is 1. The first-order chi connectivity index (χ1) is 9.25. The largest absolute Gasteiger partial charge is 0.370 e. The van der Waals surface area contributed by atoms with Gasteiger partial charge in [0.05, 0.1) is 6.54 Å². The number of nitrogens with two attached hydrogens (primary N) is 1. The number of rotatable bonds is 5. The molecule has 1 aliphatic rings. The van der Waals surface area contributed by atoms with E-state index < -0.39 is 0 Å². The van der Waals surface area contributed by atoms with E-state index in [0.717, 1.165) is 24.8 Å². The average molecular weight is 260 g/mol. The SMILES string of the molecule is CN(CCN=C(N)Nc1ccccc1)C1CCCC1. The number of nitrogens with one attached hydrogen (secondary N) is 1. The van der Waals surface area contributed by atoms with Crippen molar-refractivity contribution in [3.8, 4) is 0 Å². The molecule has 1 aromatic carbocycles. The van der Waals surface area contributed by atoms with E-state index in [1.807, 2.05) is 30.3 Å². The predicted molar refractivity (Wildman–Crippen MR) is 81.4 cm³/mol. The van der Waals surface area contributed by atoms with Gasteiger partial charge in [-0.1, -0.05) is 31.0 Å². The summed E-state index contributed by atoms with van der Waals surface area (Å²) in [4.78, 5) is 6.78. The highest BCUT2D eigenvalue weighted by Crippen LogP contribution is 2.21. The molecule has 0 spiro atoms. The molecule has 0 radical (unpaired) electrons. The highest BCUT2D eigenvalue weighted by atomic mass is 15.2. The Morgan fingerprint density at radius 1 is 1.32 bits per heavy atom. The van der Waals surface area contributed by atoms with E-state index in [1.165, 1.54) is 25.7 Å². The van der Waals surface area contributed by atoms with Gasteiger partial charge in [-0.15, -0.1) is 0 Å². The maximum atomic E-state index is 5.87. The van der Waals surface area contributed by atoms with Crippen LogP contribution in [0.15, 0.2) is 35.3 Å². The van der Waals surface area contributed by atoms with Gasteiger partial charge in [-0.2, -0.15) is 0 Å². The minimum absolute atomic E-state index is 0.492. The number of likely N-dealkylation sites (N-methyl/N-ethyl adjacent to an activating group) is 1. The summed E-state index contributed by atoms with van der Waals surface area (Å²) < 4.78 is 0. The Morgan fingerprint density at radius 2 is 2.00 bits per heavy atom. The Morgan fingerprint density at radius 3 is 2.68 bits per heavy atom. The van der Waals surface area contributed by atoms with Crippen LogP contribution in [-0.4, -0.2) is 37.0 Å². The molecule has 3 N–H and O–H groups in total. The van der Waals surface area contributed by atoms with E-state index in [2.05, 4.69) is 22.3 Å². The zero-order chi connectivity index (χ0) is 13.5. The van der Waals surface area contributed by atoms with Gasteiger partial charge in [0.25, 0.3) is 0 Å². The average Bonchev–Trinajstić information content (AvgIpc) is 2.93. The third-order valence-corrected chi connectivity index (χ3v) is 3.73. The molecule has 1 saturated carbocycles. The van der Waals surface area contributed by atoms with Crippen LogP contribution in [0.2, 0.25) is 0 Å². The number of hydrogen-bond donors (Lipinski definition) is 2. The second kappa shape index (κ2) is 7.14. The molecule has 104 valence electrons. The first-order valence-corrected chi connectivity index (χ1v) is 7.08. The lowest BCUT2D eigenvalue weighted by Gasteiger charge is -2.22. The molecule has 1 fully saturated rings. The third-order valence-electron chi connectivity index (χ3n) is 3.73. The maximum absolute atomic E-state index is 5.87. The van der Waals surface area contributed by atoms with Crippen LogP contribution in [0.25, 0.3) is 0 Å². The van der Waals surface area contributed by atoms with Crippen LogP contribution in [0.3, 0.4) is 0 Å². The molecule has 0 amide bonds. The van der Waals surface area contributed by atoms with Crippen molar-refractivity contribution in [3.05, 3.63) is 30.3 Å². The topological polar surface area (TPSA) is 53.6 Å². The summed E-state index contributed by atoms with van der Waals surface area (Å²) in [6.45, 7) is 1.72. The van der Waals surface area contributed by atoms with Gasteiger partial charge >= 0.3 is 0 Å². The highest BCUT2D eigenvalue weighted by Gasteiger charge is 2.18. The van der Waals surface area contributed by atoms with Crippen molar-refractivity contribution in [2.24, 2.45) is 10.7 Å². The summed E-state index contributed by atoms with van der Waals surface area (Å²) in [7, 11) is 2.19. The summed E-state index contributed by atoms with van der Waals surface area (Å²) in [6.07, 6.45) is 5.40. The Labute approximate surface area is 115 Å². The molecule has 19 heavy (non-hydrogen) atoms. The Kier molecular flexibility index (Phi) is 5.21. The minimum Gasteiger partial charge on any atom is -0.370 e. The van der Waals surface area contributed by atoms with Crippen LogP contribution >= 0.6 is 0 Å². The van der Waals surface area contributed by atoms with Crippen LogP contribution in [0.5, 0.6) is 0 Å². The van der Waals surface area contributed by atoms with Gasteiger partial charge in [-0.3, -0.25) is 4.99 Å². The van der Waals surface area contributed by atoms with Crippen LogP contribution in [0.1, 0.15) is 25.7 Å². The third kappa shape index (κ3) is 4.56. The molecule has 0 aromatic heterocycles. The number of benzene rings is 1. The van der Waals surface area contributed by atoms with E-state index in [-0.39, 0.29) is 0 Å². The molecule has 0 unspecified atom stereocenters. The van der Waals surface area contributed by atoms with Crippen molar-refractivity contribution in [3.63, 3.8) is 0 Å². The summed E-state index contributed by atoms with van der Waals surface area (Å²) in [5, 5.41) is 3.09. The lowest BCUT2D eigenvalue weighted by atomic mass is 10.2. The summed E-state index contributed by atoms with van der Waals surface area (Å²) in [5.74, 6) is 0.492. The molecule has 0 atom stereocenters. The molecule has 1 aromatic rings. The standard InChI is InChI=1S/C15H24N4/c1-19(14-9-5-6-10-14)12-11-17-15(16)18-13-7-3-2-4-8-13/h2-4,7-8,14H,5-6,9-12H2,1H3,(H3,16,17,18). The summed E-state index contributed by atoms with van der Waals surface area (Å²) >= 11 is 0. The van der Waals surface area contributed by atoms with Gasteiger partial charge in [0.2, 0.25) is 0 Å². The molecule has 0 bridgehead atoms. The normalized spacial score (nSPS) is 17.1. The number of hydrogen-bond acceptors (Lipinski definition) is 2. The second-order valence-corrected chi connectivity index (χ2v) is 5.18. The molecule has 1 aliphatic carbocycles. The minimum atomic E-state index is 0.492. The lowest BCUT2D eigenvalue weighted by molar-refractivity contribution is 0.252. The Bertz CT molecular complexity index is 396. The predicted octanol–water partition coefficient (Wildman–Crippen LogP) is 2.29. The highest BCUT2D eigenvalue weighted by molar-refractivity contribution is 5.92. The Balaban J connectivity index is 1.72. The fourth-order valence-corrected chi connectivity index (χ4v) is 2.56. The number of guanidine groups is 1. The Hall–Kier alpha value is -1.55. The van der Waals surface area contributed by atoms with E-state index in [9.17, 15) is 0 Å². The zero-order valence-electron chi connectivity index (χ0n) is 11.7. The van der Waals surface area contributed by atoms with E-state index >= 15 is 0 Å². The molecule has 0 heterocycles. The van der Waals surface area contributed by atoms with Crippen molar-refractivity contribution in [1.82, 2.24) is 4.90 Å². The molecular formula is C15H24N4. The first-order valence-electron chi connectivity index (χ1n) is 7.08. The first kappa shape index (κ1) is 13.9. The molecular weight excluding hydrogens is 236 g/mol. The molecule has 4 heteroatoms. The van der Waals surface area contributed by atoms with Crippen molar-refractivity contribution in [2.45, 2.75) is 31.7 Å². The van der Waals surface area contributed by atoms with E-state index in [1.54, 1.807) is 0 Å². The van der Waals surface area contributed by atoms with Crippen molar-refractivity contribution >= 4 is 11.6 Å². The van der Waals surface area contributed by atoms with Crippen LogP contribution < -0.4 is 11.1 Å². The summed E-state index contributed by atoms with van der Waals surface area (Å²) in [5.41, 5.74) is 6.85. The molecule has 0 saturated heterocycles. The summed E-state index contributed by atoms with van der Waals surface area (Å²) in [6, 6.07) is 10.6. The quantitative estimate of drug-likeness (QED) is 0.631. The van der Waals surface area contributed by atoms with Crippen molar-refractivity contribution in [2.75, 3.05) is 25.5 Å². The number of nitrogens with zero attached hydrogens (tertiary/aromatic N) is 2. The van der Waals surface area contributed by atoms with E-state index in [0.29, 0.717) is 5.96 Å². The lowest BCUT2D eigenvalue weighted by Crippen LogP contribution is -2.32. The molecule has 4 nitrogen and oxygen atoms in total. The van der Waals surface area contributed by atoms with Crippen molar-refractivity contribution in [1.29, 1.82) is 0 Å². The van der Waals surface area contributed by atoms with Gasteiger partial charge in [-0.25, -0.2) is 0 Å². The smallest absolute Gasteiger partial charge is 0.193 e. The second-order valence-electron chi connectivity index (χ2n) is 5.18. The van der Waals surface area contributed by atoms with Crippen LogP contribution in [-0.2, 0) is 0 Å². The monoisotopic (exact) mass is 260 g/mol. The van der Waals surface area contributed by atoms with Gasteiger partial charge in [0, 0.05) is 18.3 Å². The van der Waals surface area contributed by atoms with E-state index in [4.69, 9.17) is 5.73 Å². The number of aliphatic imine (C=N–C) groups is 1. The van der Waals surface area contributed by atoms with Crippen LogP contribution in [0.4, 0.5) is 5.69 Å². The fraction of sp³-hybridized carbons (Fsp3) is 0.533. The molecule has 0 aliphatic heterocycles. The fourth-order valence-electron chi connectivity index (χ4n) is 2.56. The zero-order valence-corrected chi connectivity index (χ0v) is 11.7. The van der Waals surface area contributed by atoms with Gasteiger partial charge in [0.15, 0.2) is 5.96 Å². The molecule has 2 rings (SSSR count). The van der Waals surface area contributed by atoms with Crippen molar-refractivity contribution < 1.29 is 0 Å². The van der Waals surface area contributed by atoms with Gasteiger partial charge in [-0.05, 0) is 32.0 Å².